The van der Waals surface area contributed by atoms with Crippen molar-refractivity contribution < 1.29 is 19.1 Å². The first-order valence-corrected chi connectivity index (χ1v) is 8.42. The van der Waals surface area contributed by atoms with Crippen molar-refractivity contribution in [2.75, 3.05) is 11.1 Å². The zero-order chi connectivity index (χ0) is 15.5. The second-order valence-corrected chi connectivity index (χ2v) is 6.60. The van der Waals surface area contributed by atoms with Crippen LogP contribution in [0, 0.1) is 0 Å². The molecular formula is C16H17NO4S. The van der Waals surface area contributed by atoms with E-state index in [0.29, 0.717) is 30.5 Å². The van der Waals surface area contributed by atoms with Gasteiger partial charge in [-0.05, 0) is 37.5 Å². The molecule has 1 saturated carbocycles. The Kier molecular flexibility index (Phi) is 4.47. The fourth-order valence-electron chi connectivity index (χ4n) is 2.62. The Bertz CT molecular complexity index is 629. The molecule has 1 aromatic rings. The van der Waals surface area contributed by atoms with E-state index in [2.05, 4.69) is 5.32 Å². The van der Waals surface area contributed by atoms with Crippen molar-refractivity contribution in [3.05, 3.63) is 23.8 Å². The summed E-state index contributed by atoms with van der Waals surface area (Å²) in [5, 5.41) is 2.80. The Morgan fingerprint density at radius 2 is 2.09 bits per heavy atom. The Balaban J connectivity index is 1.75. The number of esters is 1. The number of fused-ring (bicyclic) bond motifs is 1. The number of ether oxygens (including phenoxy) is 1. The number of benzene rings is 1. The predicted octanol–water partition coefficient (Wildman–Crippen LogP) is 2.79. The van der Waals surface area contributed by atoms with Gasteiger partial charge in [-0.15, -0.1) is 11.8 Å². The highest BCUT2D eigenvalue weighted by atomic mass is 32.2. The molecule has 1 fully saturated rings. The largest absolute Gasteiger partial charge is 0.451 e. The maximum Gasteiger partial charge on any atom is 0.338 e. The normalized spacial score (nSPS) is 21.5. The second kappa shape index (κ2) is 6.52. The molecule has 1 aliphatic heterocycles. The van der Waals surface area contributed by atoms with E-state index < -0.39 is 12.1 Å². The van der Waals surface area contributed by atoms with Crippen LogP contribution in [0.25, 0.3) is 0 Å². The predicted molar refractivity (Wildman–Crippen MR) is 83.1 cm³/mol. The van der Waals surface area contributed by atoms with E-state index in [0.717, 1.165) is 23.5 Å². The zero-order valence-electron chi connectivity index (χ0n) is 12.1. The van der Waals surface area contributed by atoms with Gasteiger partial charge in [0.15, 0.2) is 11.9 Å². The topological polar surface area (TPSA) is 72.5 Å². The molecule has 5 nitrogen and oxygen atoms in total. The highest BCUT2D eigenvalue weighted by Crippen LogP contribution is 2.32. The molecule has 0 radical (unpaired) electrons. The van der Waals surface area contributed by atoms with Crippen LogP contribution in [-0.2, 0) is 14.3 Å². The number of hydrogen-bond acceptors (Lipinski definition) is 5. The third kappa shape index (κ3) is 3.32. The van der Waals surface area contributed by atoms with Gasteiger partial charge in [0.1, 0.15) is 0 Å². The van der Waals surface area contributed by atoms with Crippen LogP contribution < -0.4 is 5.32 Å². The number of ketones is 1. The molecule has 1 atom stereocenters. The molecule has 0 saturated heterocycles. The number of anilines is 1. The van der Waals surface area contributed by atoms with Gasteiger partial charge in [0, 0.05) is 23.5 Å². The van der Waals surface area contributed by atoms with E-state index in [-0.39, 0.29) is 11.7 Å². The molecule has 3 rings (SSSR count). The minimum absolute atomic E-state index is 0.00165. The summed E-state index contributed by atoms with van der Waals surface area (Å²) in [6.45, 7) is 0. The van der Waals surface area contributed by atoms with E-state index in [1.54, 1.807) is 23.9 Å². The van der Waals surface area contributed by atoms with Crippen LogP contribution in [0.3, 0.4) is 0 Å². The average Bonchev–Trinajstić information content (AvgIpc) is 2.69. The lowest BCUT2D eigenvalue weighted by Gasteiger charge is -2.20. The van der Waals surface area contributed by atoms with Gasteiger partial charge in [-0.2, -0.15) is 0 Å². The summed E-state index contributed by atoms with van der Waals surface area (Å²) in [5.74, 6) is 0.156. The van der Waals surface area contributed by atoms with Gasteiger partial charge in [-0.25, -0.2) is 4.79 Å². The minimum atomic E-state index is -0.621. The SMILES string of the molecule is O=C1CCSc2ccc(C(=O)O[C@@H]3CCCCC3=O)cc2N1. The molecule has 2 aliphatic rings. The number of hydrogen-bond donors (Lipinski definition) is 1. The number of thioether (sulfide) groups is 1. The van der Waals surface area contributed by atoms with Crippen molar-refractivity contribution in [3.63, 3.8) is 0 Å². The van der Waals surface area contributed by atoms with E-state index in [9.17, 15) is 14.4 Å². The monoisotopic (exact) mass is 319 g/mol. The summed E-state index contributed by atoms with van der Waals surface area (Å²) >= 11 is 1.58. The summed E-state index contributed by atoms with van der Waals surface area (Å²) in [6.07, 6.45) is 2.69. The number of Topliss-reactive ketones (excluding diaryl/α,β-unsaturated/α-hetero) is 1. The summed E-state index contributed by atoms with van der Waals surface area (Å²) < 4.78 is 5.33. The van der Waals surface area contributed by atoms with Gasteiger partial charge in [0.25, 0.3) is 0 Å². The fraction of sp³-hybridized carbons (Fsp3) is 0.438. The van der Waals surface area contributed by atoms with Crippen LogP contribution in [0.2, 0.25) is 0 Å². The molecule has 1 aliphatic carbocycles. The second-order valence-electron chi connectivity index (χ2n) is 5.46. The van der Waals surface area contributed by atoms with Crippen molar-refractivity contribution in [3.8, 4) is 0 Å². The molecule has 1 N–H and O–H groups in total. The number of carbonyl (C=O) groups excluding carboxylic acids is 3. The molecule has 22 heavy (non-hydrogen) atoms. The number of nitrogens with one attached hydrogen (secondary N) is 1. The summed E-state index contributed by atoms with van der Waals surface area (Å²) in [5.41, 5.74) is 0.997. The molecule has 1 amide bonds. The van der Waals surface area contributed by atoms with Crippen LogP contribution in [0.4, 0.5) is 5.69 Å². The third-order valence-electron chi connectivity index (χ3n) is 3.82. The Morgan fingerprint density at radius 1 is 1.23 bits per heavy atom. The maximum atomic E-state index is 12.2. The molecule has 6 heteroatoms. The lowest BCUT2D eigenvalue weighted by Crippen LogP contribution is -2.30. The van der Waals surface area contributed by atoms with E-state index in [1.165, 1.54) is 0 Å². The first-order valence-electron chi connectivity index (χ1n) is 7.44. The van der Waals surface area contributed by atoms with Crippen molar-refractivity contribution in [2.24, 2.45) is 0 Å². The Labute approximate surface area is 132 Å². The zero-order valence-corrected chi connectivity index (χ0v) is 12.9. The van der Waals surface area contributed by atoms with Crippen LogP contribution in [0.5, 0.6) is 0 Å². The number of carbonyl (C=O) groups is 3. The van der Waals surface area contributed by atoms with Crippen molar-refractivity contribution >= 4 is 35.1 Å². The molecule has 0 bridgehead atoms. The van der Waals surface area contributed by atoms with Gasteiger partial charge < -0.3 is 10.1 Å². The van der Waals surface area contributed by atoms with Crippen molar-refractivity contribution in [1.82, 2.24) is 0 Å². The van der Waals surface area contributed by atoms with Crippen LogP contribution in [0.15, 0.2) is 23.1 Å². The third-order valence-corrected chi connectivity index (χ3v) is 4.90. The Hall–Kier alpha value is -1.82. The molecule has 0 aromatic heterocycles. The van der Waals surface area contributed by atoms with Gasteiger partial charge in [0.05, 0.1) is 11.3 Å². The number of amides is 1. The van der Waals surface area contributed by atoms with Gasteiger partial charge in [-0.1, -0.05) is 0 Å². The fourth-order valence-corrected chi connectivity index (χ4v) is 3.56. The maximum absolute atomic E-state index is 12.2. The average molecular weight is 319 g/mol. The number of rotatable bonds is 2. The van der Waals surface area contributed by atoms with E-state index >= 15 is 0 Å². The van der Waals surface area contributed by atoms with Crippen LogP contribution in [0.1, 0.15) is 42.5 Å². The summed E-state index contributed by atoms with van der Waals surface area (Å²) in [7, 11) is 0. The standard InChI is InChI=1S/C16H17NO4S/c18-12-3-1-2-4-13(12)21-16(20)10-5-6-14-11(9-10)17-15(19)7-8-22-14/h5-6,9,13H,1-4,7-8H2,(H,17,19)/t13-/m1/s1. The smallest absolute Gasteiger partial charge is 0.338 e. The van der Waals surface area contributed by atoms with Gasteiger partial charge in [0.2, 0.25) is 5.91 Å². The van der Waals surface area contributed by atoms with Crippen molar-refractivity contribution in [2.45, 2.75) is 43.1 Å². The highest BCUT2D eigenvalue weighted by Gasteiger charge is 2.26. The van der Waals surface area contributed by atoms with Crippen LogP contribution >= 0.6 is 11.8 Å². The van der Waals surface area contributed by atoms with Crippen molar-refractivity contribution in [1.29, 1.82) is 0 Å². The first kappa shape index (κ1) is 15.1. The van der Waals surface area contributed by atoms with Gasteiger partial charge in [-0.3, -0.25) is 9.59 Å². The molecule has 0 spiro atoms. The van der Waals surface area contributed by atoms with E-state index in [1.807, 2.05) is 6.07 Å². The molecule has 0 unspecified atom stereocenters. The Morgan fingerprint density at radius 3 is 2.91 bits per heavy atom. The quantitative estimate of drug-likeness (QED) is 0.849. The summed E-state index contributed by atoms with van der Waals surface area (Å²) in [6, 6.07) is 5.12. The molecule has 1 aromatic carbocycles. The molecule has 116 valence electrons. The summed E-state index contributed by atoms with van der Waals surface area (Å²) in [4.78, 5) is 36.5. The lowest BCUT2D eigenvalue weighted by molar-refractivity contribution is -0.129. The molecule has 1 heterocycles. The highest BCUT2D eigenvalue weighted by molar-refractivity contribution is 7.99. The lowest BCUT2D eigenvalue weighted by atomic mass is 9.96. The minimum Gasteiger partial charge on any atom is -0.451 e. The van der Waals surface area contributed by atoms with Crippen LogP contribution in [-0.4, -0.2) is 29.5 Å². The van der Waals surface area contributed by atoms with Gasteiger partial charge >= 0.3 is 5.97 Å². The molecular weight excluding hydrogens is 302 g/mol. The van der Waals surface area contributed by atoms with E-state index in [4.69, 9.17) is 4.74 Å². The first-order chi connectivity index (χ1) is 10.6.